The first kappa shape index (κ1) is 27.4. The number of carboxylic acids is 1. The molecule has 5 atom stereocenters. The van der Waals surface area contributed by atoms with Crippen molar-refractivity contribution in [3.05, 3.63) is 21.7 Å². The zero-order valence-corrected chi connectivity index (χ0v) is 23.2. The number of nitrogens with one attached hydrogen (secondary N) is 1. The number of aromatic nitrogens is 1. The van der Waals surface area contributed by atoms with Gasteiger partial charge in [-0.15, -0.1) is 23.1 Å². The first-order chi connectivity index (χ1) is 15.7. The van der Waals surface area contributed by atoms with Crippen LogP contribution in [0, 0.1) is 11.8 Å². The van der Waals surface area contributed by atoms with Gasteiger partial charge in [-0.2, -0.15) is 0 Å². The number of aliphatic carboxylic acids is 1. The van der Waals surface area contributed by atoms with Crippen LogP contribution in [0.2, 0.25) is 0 Å². The Morgan fingerprint density at radius 1 is 1.41 bits per heavy atom. The predicted octanol–water partition coefficient (Wildman–Crippen LogP) is -3.61. The van der Waals surface area contributed by atoms with Gasteiger partial charge in [0, 0.05) is 34.5 Å². The third-order valence-electron chi connectivity index (χ3n) is 6.49. The number of fused-ring (bicyclic) bond motifs is 1. The van der Waals surface area contributed by atoms with E-state index in [1.54, 1.807) is 12.3 Å². The maximum absolute atomic E-state index is 12.4. The third-order valence-corrected chi connectivity index (χ3v) is 8.84. The standard InChI is InChI=1S/C21H28N4O6S2.Na/c1-4-11(7-26)22-18(28)13-8-32-21(23-13)24-5-12(6-24)33-17-9(2)15-14(10(3)27)19(29)25(15)16(17)20(30)31;/h8-12,14-15,26-27H,4-7H2,1-3H3,(H,22,28)(H,30,31);/q;+1/p-1/t9-,10-,11+,14-,15-;/m1./s1. The van der Waals surface area contributed by atoms with E-state index in [0.29, 0.717) is 35.2 Å². The van der Waals surface area contributed by atoms with E-state index in [4.69, 9.17) is 0 Å². The zero-order chi connectivity index (χ0) is 24.0. The van der Waals surface area contributed by atoms with Crippen molar-refractivity contribution in [2.24, 2.45) is 11.8 Å². The maximum atomic E-state index is 12.4. The van der Waals surface area contributed by atoms with Crippen LogP contribution in [0.15, 0.2) is 16.0 Å². The number of β-lactam (4-membered cyclic amide) rings is 1. The normalized spacial score (nSPS) is 25.8. The van der Waals surface area contributed by atoms with Crippen molar-refractivity contribution in [1.29, 1.82) is 0 Å². The molecule has 13 heteroatoms. The summed E-state index contributed by atoms with van der Waals surface area (Å²) in [5.74, 6) is -2.85. The number of nitrogens with zero attached hydrogens (tertiary/aromatic N) is 3. The van der Waals surface area contributed by atoms with E-state index in [1.807, 2.05) is 18.7 Å². The van der Waals surface area contributed by atoms with Crippen LogP contribution in [0.1, 0.15) is 37.7 Å². The average molecular weight is 519 g/mol. The van der Waals surface area contributed by atoms with Gasteiger partial charge < -0.3 is 35.2 Å². The van der Waals surface area contributed by atoms with Crippen LogP contribution in [0.5, 0.6) is 0 Å². The smallest absolute Gasteiger partial charge is 0.543 e. The van der Waals surface area contributed by atoms with Crippen LogP contribution >= 0.6 is 23.1 Å². The van der Waals surface area contributed by atoms with Gasteiger partial charge in [-0.1, -0.05) is 13.8 Å². The summed E-state index contributed by atoms with van der Waals surface area (Å²) in [4.78, 5) is 44.8. The fourth-order valence-electron chi connectivity index (χ4n) is 4.57. The number of aliphatic hydroxyl groups is 2. The molecule has 10 nitrogen and oxygen atoms in total. The van der Waals surface area contributed by atoms with Crippen molar-refractivity contribution in [2.75, 3.05) is 24.6 Å². The number of carbonyl (C=O) groups excluding carboxylic acids is 3. The number of rotatable bonds is 9. The monoisotopic (exact) mass is 518 g/mol. The molecule has 0 unspecified atom stereocenters. The molecule has 4 heterocycles. The van der Waals surface area contributed by atoms with Crippen LogP contribution in [-0.2, 0) is 9.59 Å². The summed E-state index contributed by atoms with van der Waals surface area (Å²) >= 11 is 2.79. The molecule has 0 spiro atoms. The number of hydrogen-bond acceptors (Lipinski definition) is 10. The first-order valence-electron chi connectivity index (χ1n) is 10.9. The van der Waals surface area contributed by atoms with Gasteiger partial charge in [-0.05, 0) is 13.3 Å². The Kier molecular flexibility index (Phi) is 8.76. The summed E-state index contributed by atoms with van der Waals surface area (Å²) in [6.07, 6.45) is -0.220. The van der Waals surface area contributed by atoms with Crippen LogP contribution in [0.3, 0.4) is 0 Å². The topological polar surface area (TPSA) is 146 Å². The molecule has 0 bridgehead atoms. The molecular formula is C21H27N4NaO6S2. The fraction of sp³-hybridized carbons (Fsp3) is 0.619. The van der Waals surface area contributed by atoms with E-state index in [-0.39, 0.29) is 76.9 Å². The number of carboxylic acid groups (broad SMARTS) is 1. The zero-order valence-electron chi connectivity index (χ0n) is 19.6. The molecule has 3 aliphatic heterocycles. The van der Waals surface area contributed by atoms with Gasteiger partial charge in [-0.3, -0.25) is 9.59 Å². The second-order valence-corrected chi connectivity index (χ2v) is 10.9. The summed E-state index contributed by atoms with van der Waals surface area (Å²) in [5.41, 5.74) is 0.233. The summed E-state index contributed by atoms with van der Waals surface area (Å²) in [5, 5.41) is 36.2. The molecule has 0 saturated carbocycles. The van der Waals surface area contributed by atoms with Crippen LogP contribution < -0.4 is 44.9 Å². The molecule has 1 aromatic heterocycles. The van der Waals surface area contributed by atoms with Crippen LogP contribution in [0.4, 0.5) is 5.13 Å². The summed E-state index contributed by atoms with van der Waals surface area (Å²) in [6, 6.07) is -0.659. The number of amides is 2. The Labute approximate surface area is 228 Å². The number of thioether (sulfide) groups is 1. The molecule has 4 rings (SSSR count). The van der Waals surface area contributed by atoms with Gasteiger partial charge in [-0.25, -0.2) is 4.98 Å². The van der Waals surface area contributed by atoms with E-state index in [1.165, 1.54) is 28.0 Å². The Balaban J connectivity index is 0.00000324. The van der Waals surface area contributed by atoms with E-state index in [0.717, 1.165) is 0 Å². The Hall–Kier alpha value is -1.15. The molecule has 0 aliphatic carbocycles. The van der Waals surface area contributed by atoms with E-state index >= 15 is 0 Å². The molecule has 1 aromatic rings. The largest absolute Gasteiger partial charge is 1.00 e. The van der Waals surface area contributed by atoms with Crippen molar-refractivity contribution < 1.29 is 59.3 Å². The first-order valence-corrected chi connectivity index (χ1v) is 12.7. The molecule has 180 valence electrons. The Morgan fingerprint density at radius 2 is 2.09 bits per heavy atom. The van der Waals surface area contributed by atoms with Gasteiger partial charge in [0.05, 0.1) is 42.4 Å². The van der Waals surface area contributed by atoms with Crippen molar-refractivity contribution >= 4 is 46.0 Å². The van der Waals surface area contributed by atoms with Crippen molar-refractivity contribution in [3.63, 3.8) is 0 Å². The van der Waals surface area contributed by atoms with Gasteiger partial charge in [0.2, 0.25) is 5.91 Å². The molecular weight excluding hydrogens is 491 g/mol. The summed E-state index contributed by atoms with van der Waals surface area (Å²) < 4.78 is 0. The molecule has 0 aromatic carbocycles. The molecule has 34 heavy (non-hydrogen) atoms. The van der Waals surface area contributed by atoms with Crippen molar-refractivity contribution in [2.45, 2.75) is 50.6 Å². The van der Waals surface area contributed by atoms with Gasteiger partial charge in [0.25, 0.3) is 5.91 Å². The quantitative estimate of drug-likeness (QED) is 0.223. The van der Waals surface area contributed by atoms with Crippen LogP contribution in [0.25, 0.3) is 0 Å². The minimum absolute atomic E-state index is 0. The Bertz CT molecular complexity index is 992. The predicted molar refractivity (Wildman–Crippen MR) is 121 cm³/mol. The second-order valence-electron chi connectivity index (χ2n) is 8.68. The molecule has 0 radical (unpaired) electrons. The molecule has 2 fully saturated rings. The average Bonchev–Trinajstić information content (AvgIpc) is 3.30. The van der Waals surface area contributed by atoms with Gasteiger partial charge >= 0.3 is 29.6 Å². The SMILES string of the molecule is CC[C@@H](CO)NC(=O)c1csc(N2CC(SC3=C(C(=O)[O-])N4C(=O)[C@H]([C@@H](C)O)[C@H]4[C@H]3C)C2)n1.[Na+]. The van der Waals surface area contributed by atoms with Crippen LogP contribution in [-0.4, -0.2) is 81.0 Å². The van der Waals surface area contributed by atoms with Gasteiger partial charge in [0.1, 0.15) is 5.69 Å². The van der Waals surface area contributed by atoms with Gasteiger partial charge in [0.15, 0.2) is 5.13 Å². The number of anilines is 1. The van der Waals surface area contributed by atoms with E-state index in [2.05, 4.69) is 10.3 Å². The summed E-state index contributed by atoms with van der Waals surface area (Å²) in [7, 11) is 0. The van der Waals surface area contributed by atoms with Crippen molar-refractivity contribution in [3.8, 4) is 0 Å². The second kappa shape index (κ2) is 10.9. The molecule has 2 amide bonds. The maximum Gasteiger partial charge on any atom is 1.00 e. The molecule has 3 N–H and O–H groups in total. The summed E-state index contributed by atoms with van der Waals surface area (Å²) in [6.45, 7) is 6.44. The molecule has 3 aliphatic rings. The van der Waals surface area contributed by atoms with E-state index < -0.39 is 18.0 Å². The fourth-order valence-corrected chi connectivity index (χ4v) is 6.91. The number of aliphatic hydroxyl groups excluding tert-OH is 2. The minimum atomic E-state index is -1.37. The number of thiazole rings is 1. The third kappa shape index (κ3) is 4.78. The minimum Gasteiger partial charge on any atom is -0.543 e. The van der Waals surface area contributed by atoms with Crippen molar-refractivity contribution in [1.82, 2.24) is 15.2 Å². The Morgan fingerprint density at radius 3 is 2.65 bits per heavy atom. The van der Waals surface area contributed by atoms with E-state index in [9.17, 15) is 29.7 Å². The molecule has 2 saturated heterocycles. The number of carbonyl (C=O) groups is 3. The number of hydrogen-bond donors (Lipinski definition) is 3.